The molecule has 0 aromatic rings. The lowest BCUT2D eigenvalue weighted by molar-refractivity contribution is 0.443. The second kappa shape index (κ2) is 11.8. The third-order valence-corrected chi connectivity index (χ3v) is 1.77. The lowest BCUT2D eigenvalue weighted by Gasteiger charge is -2.22. The fourth-order valence-corrected chi connectivity index (χ4v) is 1.03. The molecule has 0 fully saturated rings. The first-order valence-corrected chi connectivity index (χ1v) is 5.79. The molecule has 4 heteroatoms. The number of nitrogens with zero attached hydrogens (tertiary/aromatic N) is 2. The molecule has 1 heterocycles. The number of unbranched alkanes of at least 4 members (excludes halogenated alkanes) is 1. The van der Waals surface area contributed by atoms with Gasteiger partial charge < -0.3 is 16.4 Å². The molecule has 0 saturated heterocycles. The Hall–Kier alpha value is -1.29. The number of rotatable bonds is 3. The maximum atomic E-state index is 5.49. The predicted octanol–water partition coefficient (Wildman–Crippen LogP) is 2.05. The summed E-state index contributed by atoms with van der Waals surface area (Å²) in [4.78, 5) is 6.07. The van der Waals surface area contributed by atoms with Crippen LogP contribution in [-0.4, -0.2) is 24.3 Å². The minimum Gasteiger partial charge on any atom is -0.384 e. The van der Waals surface area contributed by atoms with Crippen molar-refractivity contribution in [3.63, 3.8) is 0 Å². The lowest BCUT2D eigenvalue weighted by Crippen LogP contribution is -2.23. The van der Waals surface area contributed by atoms with E-state index in [1.54, 1.807) is 6.08 Å². The SMILES string of the molecule is C=C1N=C(N)C=CN1CCCC.CC.CN. The van der Waals surface area contributed by atoms with Gasteiger partial charge in [0.05, 0.1) is 0 Å². The Labute approximate surface area is 99.7 Å². The molecule has 1 rings (SSSR count). The number of hydrogen-bond donors (Lipinski definition) is 2. The smallest absolute Gasteiger partial charge is 0.127 e. The van der Waals surface area contributed by atoms with Gasteiger partial charge in [0, 0.05) is 12.7 Å². The molecule has 0 saturated carbocycles. The van der Waals surface area contributed by atoms with Crippen LogP contribution in [0.1, 0.15) is 33.6 Å². The van der Waals surface area contributed by atoms with Crippen LogP contribution >= 0.6 is 0 Å². The second-order valence-electron chi connectivity index (χ2n) is 2.82. The van der Waals surface area contributed by atoms with Crippen LogP contribution in [0.5, 0.6) is 0 Å². The summed E-state index contributed by atoms with van der Waals surface area (Å²) in [6.07, 6.45) is 6.06. The van der Waals surface area contributed by atoms with Gasteiger partial charge in [-0.1, -0.05) is 33.8 Å². The summed E-state index contributed by atoms with van der Waals surface area (Å²) in [6.45, 7) is 10.9. The molecule has 0 unspecified atom stereocenters. The Kier molecular flexibility index (Phi) is 12.6. The molecule has 0 amide bonds. The van der Waals surface area contributed by atoms with Crippen LogP contribution in [0, 0.1) is 0 Å². The molecule has 0 aromatic heterocycles. The zero-order chi connectivity index (χ0) is 13.0. The van der Waals surface area contributed by atoms with Crippen molar-refractivity contribution in [2.45, 2.75) is 33.6 Å². The van der Waals surface area contributed by atoms with Gasteiger partial charge >= 0.3 is 0 Å². The van der Waals surface area contributed by atoms with E-state index >= 15 is 0 Å². The van der Waals surface area contributed by atoms with E-state index in [0.29, 0.717) is 5.84 Å². The normalized spacial score (nSPS) is 13.2. The number of hydrogen-bond acceptors (Lipinski definition) is 4. The van der Waals surface area contributed by atoms with Crippen LogP contribution in [0.4, 0.5) is 0 Å². The first-order valence-electron chi connectivity index (χ1n) is 5.79. The van der Waals surface area contributed by atoms with Crippen molar-refractivity contribution in [3.05, 3.63) is 24.7 Å². The molecule has 4 N–H and O–H groups in total. The Morgan fingerprint density at radius 1 is 1.38 bits per heavy atom. The van der Waals surface area contributed by atoms with Crippen LogP contribution in [0.3, 0.4) is 0 Å². The van der Waals surface area contributed by atoms with Gasteiger partial charge in [0.25, 0.3) is 0 Å². The van der Waals surface area contributed by atoms with Gasteiger partial charge in [-0.05, 0) is 19.5 Å². The molecule has 0 aliphatic carbocycles. The van der Waals surface area contributed by atoms with Gasteiger partial charge in [0.1, 0.15) is 11.7 Å². The molecule has 1 aliphatic heterocycles. The lowest BCUT2D eigenvalue weighted by atomic mass is 10.3. The van der Waals surface area contributed by atoms with E-state index in [2.05, 4.69) is 24.2 Å². The van der Waals surface area contributed by atoms with Crippen molar-refractivity contribution in [1.29, 1.82) is 0 Å². The summed E-state index contributed by atoms with van der Waals surface area (Å²) in [5.41, 5.74) is 9.99. The van der Waals surface area contributed by atoms with E-state index in [4.69, 9.17) is 5.73 Å². The van der Waals surface area contributed by atoms with Gasteiger partial charge in [0.15, 0.2) is 0 Å². The van der Waals surface area contributed by atoms with Crippen LogP contribution in [0.25, 0.3) is 0 Å². The van der Waals surface area contributed by atoms with Gasteiger partial charge in [0.2, 0.25) is 0 Å². The highest BCUT2D eigenvalue weighted by Crippen LogP contribution is 2.10. The second-order valence-corrected chi connectivity index (χ2v) is 2.82. The molecule has 0 spiro atoms. The first kappa shape index (κ1) is 17.1. The van der Waals surface area contributed by atoms with Crippen LogP contribution < -0.4 is 11.5 Å². The third kappa shape index (κ3) is 7.06. The highest BCUT2D eigenvalue weighted by molar-refractivity contribution is 5.92. The average Bonchev–Trinajstić information content (AvgIpc) is 2.33. The van der Waals surface area contributed by atoms with Crippen molar-refractivity contribution in [2.75, 3.05) is 13.6 Å². The van der Waals surface area contributed by atoms with E-state index in [1.807, 2.05) is 24.9 Å². The summed E-state index contributed by atoms with van der Waals surface area (Å²) in [7, 11) is 1.50. The van der Waals surface area contributed by atoms with Crippen molar-refractivity contribution < 1.29 is 0 Å². The molecule has 0 aromatic carbocycles. The Morgan fingerprint density at radius 2 is 1.94 bits per heavy atom. The highest BCUT2D eigenvalue weighted by Gasteiger charge is 2.06. The van der Waals surface area contributed by atoms with Gasteiger partial charge in [-0.15, -0.1) is 0 Å². The van der Waals surface area contributed by atoms with E-state index in [1.165, 1.54) is 13.5 Å². The summed E-state index contributed by atoms with van der Waals surface area (Å²) >= 11 is 0. The molecule has 0 radical (unpaired) electrons. The van der Waals surface area contributed by atoms with Gasteiger partial charge in [-0.25, -0.2) is 4.99 Å². The number of nitrogens with two attached hydrogens (primary N) is 2. The zero-order valence-corrected chi connectivity index (χ0v) is 11.0. The molecule has 0 atom stereocenters. The molecular formula is C12H26N4. The fraction of sp³-hybridized carbons (Fsp3) is 0.583. The maximum absolute atomic E-state index is 5.49. The van der Waals surface area contributed by atoms with E-state index in [9.17, 15) is 0 Å². The monoisotopic (exact) mass is 226 g/mol. The zero-order valence-electron chi connectivity index (χ0n) is 11.0. The quantitative estimate of drug-likeness (QED) is 0.774. The summed E-state index contributed by atoms with van der Waals surface area (Å²) in [6, 6.07) is 0. The molecule has 4 nitrogen and oxygen atoms in total. The minimum absolute atomic E-state index is 0.535. The van der Waals surface area contributed by atoms with Crippen molar-refractivity contribution >= 4 is 5.84 Å². The van der Waals surface area contributed by atoms with Crippen molar-refractivity contribution in [1.82, 2.24) is 4.90 Å². The molecule has 94 valence electrons. The molecule has 16 heavy (non-hydrogen) atoms. The summed E-state index contributed by atoms with van der Waals surface area (Å²) in [5, 5.41) is 0. The van der Waals surface area contributed by atoms with Crippen LogP contribution in [0.15, 0.2) is 29.7 Å². The van der Waals surface area contributed by atoms with E-state index in [-0.39, 0.29) is 0 Å². The van der Waals surface area contributed by atoms with Crippen LogP contribution in [-0.2, 0) is 0 Å². The first-order chi connectivity index (χ1) is 7.74. The van der Waals surface area contributed by atoms with Crippen molar-refractivity contribution in [3.8, 4) is 0 Å². The number of aliphatic imine (C=N–C) groups is 1. The van der Waals surface area contributed by atoms with E-state index in [0.717, 1.165) is 18.8 Å². The molecule has 1 aliphatic rings. The highest BCUT2D eigenvalue weighted by atomic mass is 15.2. The predicted molar refractivity (Wildman–Crippen MR) is 73.0 cm³/mol. The summed E-state index contributed by atoms with van der Waals surface area (Å²) < 4.78 is 0. The Balaban J connectivity index is 0. The largest absolute Gasteiger partial charge is 0.384 e. The third-order valence-electron chi connectivity index (χ3n) is 1.77. The Bertz CT molecular complexity index is 231. The standard InChI is InChI=1S/C9H15N3.C2H6.CH5N/c1-3-4-6-12-7-5-9(10)11-8(12)2;2*1-2/h5,7H,2-4,6H2,1H3,(H2,10,11);1-2H3;2H2,1H3. The van der Waals surface area contributed by atoms with Crippen molar-refractivity contribution in [2.24, 2.45) is 16.5 Å². The summed E-state index contributed by atoms with van der Waals surface area (Å²) in [5.74, 6) is 1.27. The van der Waals surface area contributed by atoms with Gasteiger partial charge in [-0.3, -0.25) is 0 Å². The maximum Gasteiger partial charge on any atom is 0.127 e. The average molecular weight is 226 g/mol. The fourth-order valence-electron chi connectivity index (χ4n) is 1.03. The van der Waals surface area contributed by atoms with Gasteiger partial charge in [-0.2, -0.15) is 0 Å². The minimum atomic E-state index is 0.535. The topological polar surface area (TPSA) is 67.6 Å². The molecular weight excluding hydrogens is 200 g/mol. The molecule has 0 bridgehead atoms. The van der Waals surface area contributed by atoms with E-state index < -0.39 is 0 Å². The van der Waals surface area contributed by atoms with Crippen LogP contribution in [0.2, 0.25) is 0 Å². The Morgan fingerprint density at radius 3 is 2.38 bits per heavy atom. The number of amidine groups is 1.